The van der Waals surface area contributed by atoms with Gasteiger partial charge in [0.2, 0.25) is 29.5 Å². The minimum Gasteiger partial charge on any atom is -0.481 e. The Hall–Kier alpha value is -14.3. The number of carbonyl (C=O) groups excluding carboxylic acids is 11. The Morgan fingerprint density at radius 3 is 1.17 bits per heavy atom. The SMILES string of the molecule is CC(=O)O.COC(=O)C1(Sc2ccc(C)cc2)CC(=O)NC1c1ccccc1.COC(=O)C1CC(=O)NC1c1ccccc1.Cc1ccc(S)cc1.Cc1ccc(SC2(C(=O)O)CC(=O)NC2c2ccccc2)cc1.N.O=C1C=CC(=O)O1.O=C1CC(C(=O)O)[C@@H](c2ccccc2)N1.O=C1C[C@H](NC(=O)OCc2ccccc2)[C@@H](c2ccccc2)N1.O=Cc1ccccc1. The molecule has 6 heterocycles. The molecule has 7 unspecified atom stereocenters. The maximum atomic E-state index is 12.7. The fourth-order valence-electron chi connectivity index (χ4n) is 13.7. The van der Waals surface area contributed by atoms with Gasteiger partial charge >= 0.3 is 41.9 Å². The molecule has 6 aliphatic heterocycles. The number of aryl methyl sites for hydroxylation is 3. The average molecular weight is 1810 g/mol. The zero-order valence-electron chi connectivity index (χ0n) is 71.4. The molecule has 6 amide bonds. The van der Waals surface area contributed by atoms with Crippen LogP contribution in [-0.2, 0) is 83.1 Å². The van der Waals surface area contributed by atoms with Crippen LogP contribution in [0, 0.1) is 32.6 Å². The molecular formula is C98H101N7O21S3. The molecule has 10 aromatic rings. The van der Waals surface area contributed by atoms with E-state index in [0.29, 0.717) is 0 Å². The van der Waals surface area contributed by atoms with Crippen molar-refractivity contribution in [2.45, 2.75) is 127 Å². The first-order chi connectivity index (χ1) is 61.4. The van der Waals surface area contributed by atoms with Gasteiger partial charge in [-0.2, -0.15) is 0 Å². The van der Waals surface area contributed by atoms with Gasteiger partial charge < -0.3 is 72.3 Å². The van der Waals surface area contributed by atoms with Crippen molar-refractivity contribution in [2.75, 3.05) is 14.2 Å². The average Bonchev–Trinajstić information content (AvgIpc) is 1.65. The number of hydrogen-bond acceptors (Lipinski definition) is 22. The number of carboxylic acid groups (broad SMARTS) is 3. The van der Waals surface area contributed by atoms with E-state index in [9.17, 15) is 67.4 Å². The number of carboxylic acids is 3. The van der Waals surface area contributed by atoms with Gasteiger partial charge in [-0.3, -0.25) is 52.7 Å². The zero-order valence-corrected chi connectivity index (χ0v) is 73.9. The normalized spacial score (nSPS) is 20.1. The Kier molecular flexibility index (Phi) is 40.5. The number of thioether (sulfide) groups is 2. The van der Waals surface area contributed by atoms with Gasteiger partial charge in [0.05, 0.1) is 75.1 Å². The summed E-state index contributed by atoms with van der Waals surface area (Å²) in [4.78, 5) is 159. The van der Waals surface area contributed by atoms with Gasteiger partial charge in [-0.25, -0.2) is 14.4 Å². The van der Waals surface area contributed by atoms with Crippen molar-refractivity contribution in [3.63, 3.8) is 0 Å². The number of esters is 4. The fraction of sp³-hybridized carbons (Fsp3) is 0.224. The Labute approximate surface area is 760 Å². The summed E-state index contributed by atoms with van der Waals surface area (Å²) in [5, 5.41) is 43.2. The van der Waals surface area contributed by atoms with Crippen LogP contribution in [0.5, 0.6) is 0 Å². The number of aliphatic carboxylic acids is 3. The van der Waals surface area contributed by atoms with Crippen LogP contribution in [0.15, 0.2) is 312 Å². The lowest BCUT2D eigenvalue weighted by molar-refractivity contribution is -0.150. The minimum absolute atomic E-state index is 0. The lowest BCUT2D eigenvalue weighted by atomic mass is 9.93. The monoisotopic (exact) mass is 1810 g/mol. The second-order valence-corrected chi connectivity index (χ2v) is 32.7. The van der Waals surface area contributed by atoms with Crippen LogP contribution < -0.4 is 38.1 Å². The van der Waals surface area contributed by atoms with Crippen LogP contribution >= 0.6 is 36.2 Å². The molecule has 0 saturated carbocycles. The molecule has 0 bridgehead atoms. The zero-order chi connectivity index (χ0) is 92.7. The van der Waals surface area contributed by atoms with Crippen molar-refractivity contribution in [2.24, 2.45) is 11.8 Å². The summed E-state index contributed by atoms with van der Waals surface area (Å²) >= 11 is 6.76. The molecule has 10 aromatic carbocycles. The van der Waals surface area contributed by atoms with Crippen molar-refractivity contribution in [3.8, 4) is 0 Å². The quantitative estimate of drug-likeness (QED) is 0.0133. The number of amides is 6. The number of thiol groups is 1. The van der Waals surface area contributed by atoms with Crippen LogP contribution in [0.3, 0.4) is 0 Å². The van der Waals surface area contributed by atoms with E-state index < -0.39 is 75.4 Å². The molecular weight excluding hydrogens is 1710 g/mol. The van der Waals surface area contributed by atoms with Gasteiger partial charge in [0, 0.05) is 58.6 Å². The van der Waals surface area contributed by atoms with Gasteiger partial charge in [0.25, 0.3) is 5.97 Å². The van der Waals surface area contributed by atoms with Crippen LogP contribution in [0.2, 0.25) is 0 Å². The summed E-state index contributed by atoms with van der Waals surface area (Å²) in [5.74, 6) is -6.46. The number of benzene rings is 10. The number of carbonyl (C=O) groups is 14. The van der Waals surface area contributed by atoms with E-state index in [1.165, 1.54) is 43.3 Å². The first-order valence-corrected chi connectivity index (χ1v) is 42.2. The molecule has 0 aliphatic carbocycles. The highest BCUT2D eigenvalue weighted by molar-refractivity contribution is 8.01. The first kappa shape index (κ1) is 102. The molecule has 28 nitrogen and oxygen atoms in total. The largest absolute Gasteiger partial charge is 0.481 e. The topological polar surface area (TPSA) is 444 Å². The van der Waals surface area contributed by atoms with Gasteiger partial charge in [-0.15, -0.1) is 36.2 Å². The van der Waals surface area contributed by atoms with Gasteiger partial charge in [-0.05, 0) is 90.6 Å². The first-order valence-electron chi connectivity index (χ1n) is 40.1. The number of cyclic esters (lactones) is 2. The number of rotatable bonds is 17. The maximum Gasteiger partial charge on any atom is 0.407 e. The van der Waals surface area contributed by atoms with Crippen LogP contribution in [0.1, 0.15) is 130 Å². The third-order valence-electron chi connectivity index (χ3n) is 19.9. The predicted molar refractivity (Wildman–Crippen MR) is 488 cm³/mol. The molecule has 12 N–H and O–H groups in total. The van der Waals surface area contributed by atoms with Crippen molar-refractivity contribution in [1.29, 1.82) is 0 Å². The maximum absolute atomic E-state index is 12.7. The summed E-state index contributed by atoms with van der Waals surface area (Å²) in [6.07, 6.45) is 3.06. The minimum atomic E-state index is -1.24. The summed E-state index contributed by atoms with van der Waals surface area (Å²) in [6.45, 7) is 7.34. The summed E-state index contributed by atoms with van der Waals surface area (Å²) in [7, 11) is 2.71. The van der Waals surface area contributed by atoms with E-state index in [1.807, 2.05) is 287 Å². The molecule has 0 spiro atoms. The highest BCUT2D eigenvalue weighted by atomic mass is 32.2. The number of aldehydes is 1. The molecule has 129 heavy (non-hydrogen) atoms. The van der Waals surface area contributed by atoms with Gasteiger partial charge in [0.15, 0.2) is 9.49 Å². The van der Waals surface area contributed by atoms with E-state index >= 15 is 0 Å². The van der Waals surface area contributed by atoms with E-state index in [4.69, 9.17) is 29.2 Å². The molecule has 5 fully saturated rings. The summed E-state index contributed by atoms with van der Waals surface area (Å²) < 4.78 is 16.7. The second kappa shape index (κ2) is 51.4. The molecule has 672 valence electrons. The number of alkyl carbamates (subject to hydrolysis) is 1. The Morgan fingerprint density at radius 2 is 0.798 bits per heavy atom. The van der Waals surface area contributed by atoms with E-state index in [2.05, 4.69) is 56.2 Å². The Bertz CT molecular complexity index is 5390. The third-order valence-corrected chi connectivity index (χ3v) is 23.0. The fourth-order valence-corrected chi connectivity index (χ4v) is 16.5. The molecule has 0 aromatic heterocycles. The third kappa shape index (κ3) is 31.7. The Balaban J connectivity index is 0.000000207. The smallest absolute Gasteiger partial charge is 0.407 e. The lowest BCUT2D eigenvalue weighted by Crippen LogP contribution is -2.41. The number of methoxy groups -OCH3 is 2. The second-order valence-electron chi connectivity index (χ2n) is 29.4. The van der Waals surface area contributed by atoms with Crippen molar-refractivity contribution in [1.82, 2.24) is 38.1 Å². The summed E-state index contributed by atoms with van der Waals surface area (Å²) in [5.41, 5.74) is 9.63. The molecule has 16 rings (SSSR count). The van der Waals surface area contributed by atoms with Gasteiger partial charge in [0.1, 0.15) is 12.9 Å². The summed E-state index contributed by atoms with van der Waals surface area (Å²) in [6, 6.07) is 87.1. The molecule has 5 saturated heterocycles. The number of nitrogens with one attached hydrogen (secondary N) is 6. The number of ether oxygens (including phenoxy) is 4. The van der Waals surface area contributed by atoms with Crippen LogP contribution in [0.25, 0.3) is 0 Å². The van der Waals surface area contributed by atoms with E-state index in [0.717, 1.165) is 90.1 Å². The molecule has 10 atom stereocenters. The van der Waals surface area contributed by atoms with Crippen LogP contribution in [-0.4, -0.2) is 129 Å². The standard InChI is InChI=1S/C19H19NO3S.C18H18N2O3.C18H17NO3S.C12H13NO3.C11H11NO3.C7H6O.C7H8S.C4H2O3.C2H4O2.H3N/c1-13-8-10-15(11-9-13)24-19(18(22)23-2)12-16(21)20-17(19)14-6-4-3-5-7-14;21-16-11-15(17(20-16)14-9-5-2-6-10-14)19-18(22)23-12-13-7-3-1-4-8-13;1-12-7-9-14(10-8-12)23-18(17(21)22)11-15(20)19-16(18)13-5-3-2-4-6-13;1-16-12(15)9-7-10(14)13-11(9)8-5-3-2-4-6-8;13-9-6-8(11(14)15)10(12-9)7-4-2-1-3-5-7;8-6-7-4-2-1-3-5-7;1-6-2-4-7(8)5-3-6;5-3-1-2-4(6)7-3;1-2(3)4;/h3-11,17H,12H2,1-2H3,(H,20,21);1-10,15,17H,11-12H2,(H,19,22)(H,20,21);2-10,16H,11H2,1H3,(H,19,20)(H,21,22);2-6,9,11H,7H2,1H3,(H,13,14);1-5,8,10H,6H2,(H,12,13)(H,14,15);1-6H;2-5,8H,1H3;1-2H;1H3,(H,3,4);1H3/t;15-,17+;;;8?,10-;;;;;/m.0..1...../s1. The highest BCUT2D eigenvalue weighted by Crippen LogP contribution is 2.50. The van der Waals surface area contributed by atoms with Crippen molar-refractivity contribution < 1.29 is 101 Å². The Morgan fingerprint density at radius 1 is 0.450 bits per heavy atom. The van der Waals surface area contributed by atoms with Gasteiger partial charge in [-0.1, -0.05) is 265 Å². The lowest BCUT2D eigenvalue weighted by Gasteiger charge is -2.31. The van der Waals surface area contributed by atoms with E-state index in [1.54, 1.807) is 12.1 Å². The highest BCUT2D eigenvalue weighted by Gasteiger charge is 2.56. The van der Waals surface area contributed by atoms with Crippen molar-refractivity contribution in [3.05, 3.63) is 353 Å². The predicted octanol–water partition coefficient (Wildman–Crippen LogP) is 14.6. The van der Waals surface area contributed by atoms with Crippen LogP contribution in [0.4, 0.5) is 4.79 Å². The molecule has 0 radical (unpaired) electrons. The molecule has 31 heteroatoms. The van der Waals surface area contributed by atoms with Crippen molar-refractivity contribution >= 4 is 120 Å². The molecule has 6 aliphatic rings. The number of hydrogen-bond donors (Lipinski definition) is 11. The van der Waals surface area contributed by atoms with E-state index in [-0.39, 0.29) is 104 Å².